The quantitative estimate of drug-likeness (QED) is 0.579. The summed E-state index contributed by atoms with van der Waals surface area (Å²) >= 11 is 1.58. The zero-order valence-corrected chi connectivity index (χ0v) is 10.9. The normalized spacial score (nSPS) is 13.1. The zero-order chi connectivity index (χ0) is 9.10. The van der Waals surface area contributed by atoms with E-state index in [2.05, 4.69) is 17.2 Å². The Morgan fingerprint density at radius 1 is 1.29 bits per heavy atom. The van der Waals surface area contributed by atoms with Crippen LogP contribution in [0.3, 0.4) is 0 Å². The highest BCUT2D eigenvalue weighted by Gasteiger charge is 1.94. The van der Waals surface area contributed by atoms with Gasteiger partial charge in [-0.3, -0.25) is 0 Å². The van der Waals surface area contributed by atoms with Crippen molar-refractivity contribution >= 4 is 42.0 Å². The number of benzene rings is 1. The summed E-state index contributed by atoms with van der Waals surface area (Å²) in [5.74, 6) is 0. The molecule has 14 heavy (non-hydrogen) atoms. The fraction of sp³-hybridized carbons (Fsp3) is 0.100. The summed E-state index contributed by atoms with van der Waals surface area (Å²) in [6.45, 7) is 0. The zero-order valence-electron chi connectivity index (χ0n) is 7.75. The molecule has 1 aliphatic rings. The van der Waals surface area contributed by atoms with Crippen LogP contribution in [-0.2, 0) is 0 Å². The molecule has 1 aromatic rings. The average Bonchev–Trinajstić information content (AvgIpc) is 2.38. The Kier molecular flexibility index (Phi) is 4.47. The molecule has 1 aliphatic heterocycles. The van der Waals surface area contributed by atoms with Gasteiger partial charge in [-0.05, 0) is 24.1 Å². The highest BCUT2D eigenvalue weighted by molar-refractivity contribution is 14.0. The van der Waals surface area contributed by atoms with Crippen LogP contribution in [-0.4, -0.2) is 10.7 Å². The minimum absolute atomic E-state index is 0. The summed E-state index contributed by atoms with van der Waals surface area (Å²) in [5.41, 5.74) is 0. The molecule has 1 heterocycles. The van der Waals surface area contributed by atoms with Gasteiger partial charge < -0.3 is 0 Å². The molecule has 0 fully saturated rings. The van der Waals surface area contributed by atoms with E-state index in [0.29, 0.717) is 0 Å². The maximum absolute atomic E-state index is 4.44. The number of rotatable bonds is 1. The fourth-order valence-electron chi connectivity index (χ4n) is 1.18. The smallest absolute Gasteiger partial charge is 0.0918 e. The van der Waals surface area contributed by atoms with E-state index in [4.69, 9.17) is 0 Å². The van der Waals surface area contributed by atoms with Gasteiger partial charge in [-0.25, -0.2) is 4.41 Å². The van der Waals surface area contributed by atoms with Crippen LogP contribution < -0.4 is 10.6 Å². The van der Waals surface area contributed by atoms with Crippen molar-refractivity contribution in [3.05, 3.63) is 47.1 Å². The third-order valence-electron chi connectivity index (χ3n) is 1.82. The Morgan fingerprint density at radius 3 is 2.86 bits per heavy atom. The minimum atomic E-state index is 0. The van der Waals surface area contributed by atoms with Crippen molar-refractivity contribution in [3.63, 3.8) is 0 Å². The van der Waals surface area contributed by atoms with E-state index < -0.39 is 0 Å². The first-order valence-electron chi connectivity index (χ1n) is 4.06. The van der Waals surface area contributed by atoms with E-state index in [1.165, 1.54) is 0 Å². The molecule has 0 radical (unpaired) electrons. The molecule has 1 aromatic carbocycles. The number of fused-ring (bicyclic) bond motifs is 1. The van der Waals surface area contributed by atoms with E-state index >= 15 is 0 Å². The van der Waals surface area contributed by atoms with Crippen LogP contribution in [0.4, 0.5) is 0 Å². The molecule has 0 amide bonds. The van der Waals surface area contributed by atoms with E-state index in [0.717, 1.165) is 10.6 Å². The molecular formula is C10H11IN2S. The predicted octanol–water partition coefficient (Wildman–Crippen LogP) is 1.73. The third-order valence-corrected chi connectivity index (χ3v) is 2.40. The Morgan fingerprint density at radius 2 is 2.07 bits per heavy atom. The lowest BCUT2D eigenvalue weighted by molar-refractivity contribution is 0.652. The van der Waals surface area contributed by atoms with E-state index in [-0.39, 0.29) is 24.0 Å². The SMILES string of the molecule is CSN1C=CC=c2ccccc2=N1.I. The van der Waals surface area contributed by atoms with Gasteiger partial charge in [0.1, 0.15) is 0 Å². The van der Waals surface area contributed by atoms with Crippen molar-refractivity contribution in [2.45, 2.75) is 0 Å². The summed E-state index contributed by atoms with van der Waals surface area (Å²) in [4.78, 5) is 0. The first kappa shape index (κ1) is 11.6. The third kappa shape index (κ3) is 2.51. The van der Waals surface area contributed by atoms with E-state index in [1.54, 1.807) is 11.9 Å². The van der Waals surface area contributed by atoms with Crippen LogP contribution in [0.1, 0.15) is 0 Å². The highest BCUT2D eigenvalue weighted by Crippen LogP contribution is 2.05. The first-order chi connectivity index (χ1) is 6.40. The number of hydrogen-bond acceptors (Lipinski definition) is 3. The molecule has 0 aromatic heterocycles. The van der Waals surface area contributed by atoms with Crippen LogP contribution in [0.15, 0.2) is 41.6 Å². The fourth-order valence-corrected chi connectivity index (χ4v) is 1.54. The van der Waals surface area contributed by atoms with Gasteiger partial charge in [-0.2, -0.15) is 5.10 Å². The Hall–Kier alpha value is -0.490. The molecule has 0 spiro atoms. The van der Waals surface area contributed by atoms with Crippen LogP contribution in [0.2, 0.25) is 0 Å². The lowest BCUT2D eigenvalue weighted by atomic mass is 10.3. The maximum atomic E-state index is 4.44. The highest BCUT2D eigenvalue weighted by atomic mass is 127. The second kappa shape index (κ2) is 5.41. The van der Waals surface area contributed by atoms with Crippen LogP contribution in [0, 0.1) is 0 Å². The van der Waals surface area contributed by atoms with Crippen molar-refractivity contribution in [3.8, 4) is 0 Å². The minimum Gasteiger partial charge on any atom is -0.214 e. The Labute approximate surface area is 105 Å². The molecule has 0 aliphatic carbocycles. The molecule has 2 rings (SSSR count). The van der Waals surface area contributed by atoms with Gasteiger partial charge in [0.05, 0.1) is 5.36 Å². The van der Waals surface area contributed by atoms with Crippen molar-refractivity contribution < 1.29 is 0 Å². The summed E-state index contributed by atoms with van der Waals surface area (Å²) in [7, 11) is 0. The van der Waals surface area contributed by atoms with Crippen LogP contribution >= 0.6 is 35.9 Å². The van der Waals surface area contributed by atoms with Crippen molar-refractivity contribution in [2.24, 2.45) is 5.10 Å². The van der Waals surface area contributed by atoms with Gasteiger partial charge in [0.15, 0.2) is 0 Å². The van der Waals surface area contributed by atoms with Crippen molar-refractivity contribution in [2.75, 3.05) is 6.26 Å². The molecule has 74 valence electrons. The molecule has 2 nitrogen and oxygen atoms in total. The molecular weight excluding hydrogens is 307 g/mol. The summed E-state index contributed by atoms with van der Waals surface area (Å²) < 4.78 is 1.85. The van der Waals surface area contributed by atoms with Gasteiger partial charge in [0.25, 0.3) is 0 Å². The predicted molar refractivity (Wildman–Crippen MR) is 71.6 cm³/mol. The maximum Gasteiger partial charge on any atom is 0.0918 e. The average molecular weight is 318 g/mol. The molecule has 0 unspecified atom stereocenters. The van der Waals surface area contributed by atoms with E-state index in [9.17, 15) is 0 Å². The molecule has 0 saturated carbocycles. The second-order valence-corrected chi connectivity index (χ2v) is 3.39. The van der Waals surface area contributed by atoms with Gasteiger partial charge >= 0.3 is 0 Å². The lowest BCUT2D eigenvalue weighted by Crippen LogP contribution is -2.24. The van der Waals surface area contributed by atoms with Crippen LogP contribution in [0.25, 0.3) is 6.08 Å². The largest absolute Gasteiger partial charge is 0.214 e. The second-order valence-electron chi connectivity index (χ2n) is 2.65. The molecule has 0 N–H and O–H groups in total. The van der Waals surface area contributed by atoms with Gasteiger partial charge in [-0.1, -0.05) is 24.3 Å². The molecule has 0 saturated heterocycles. The van der Waals surface area contributed by atoms with Gasteiger partial charge in [-0.15, -0.1) is 24.0 Å². The topological polar surface area (TPSA) is 15.6 Å². The lowest BCUT2D eigenvalue weighted by Gasteiger charge is -2.06. The molecule has 4 heteroatoms. The Bertz CT molecular complexity index is 442. The monoisotopic (exact) mass is 318 g/mol. The summed E-state index contributed by atoms with van der Waals surface area (Å²) in [5, 5.41) is 6.61. The number of nitrogens with zero attached hydrogens (tertiary/aromatic N) is 2. The van der Waals surface area contributed by atoms with Gasteiger partial charge in [0, 0.05) is 17.7 Å². The number of halogens is 1. The standard InChI is InChI=1S/C10H10N2S.HI/c1-13-12-8-4-6-9-5-2-3-7-10(9)11-12;/h2-8H,1H3;1H. The van der Waals surface area contributed by atoms with Crippen molar-refractivity contribution in [1.82, 2.24) is 4.41 Å². The van der Waals surface area contributed by atoms with Gasteiger partial charge in [0.2, 0.25) is 0 Å². The Balaban J connectivity index is 0.000000980. The molecule has 0 bridgehead atoms. The first-order valence-corrected chi connectivity index (χ1v) is 5.24. The summed E-state index contributed by atoms with van der Waals surface area (Å²) in [6.07, 6.45) is 8.02. The summed E-state index contributed by atoms with van der Waals surface area (Å²) in [6, 6.07) is 8.10. The molecule has 0 atom stereocenters. The van der Waals surface area contributed by atoms with E-state index in [1.807, 2.05) is 41.1 Å². The van der Waals surface area contributed by atoms with Crippen LogP contribution in [0.5, 0.6) is 0 Å². The number of hydrogen-bond donors (Lipinski definition) is 0. The number of allylic oxidation sites excluding steroid dienone is 1. The van der Waals surface area contributed by atoms with Crippen molar-refractivity contribution in [1.29, 1.82) is 0 Å².